The lowest BCUT2D eigenvalue weighted by atomic mass is 9.95. The van der Waals surface area contributed by atoms with Gasteiger partial charge < -0.3 is 10.3 Å². The molecule has 4 heteroatoms. The first-order valence-electron chi connectivity index (χ1n) is 6.18. The molecule has 0 amide bonds. The van der Waals surface area contributed by atoms with Crippen molar-refractivity contribution in [3.63, 3.8) is 0 Å². The molecule has 1 aromatic rings. The van der Waals surface area contributed by atoms with Crippen LogP contribution in [0.15, 0.2) is 4.52 Å². The maximum Gasteiger partial charge on any atom is 0.229 e. The normalized spacial score (nSPS) is 30.2. The third-order valence-electron chi connectivity index (χ3n) is 3.61. The number of nitrogens with two attached hydrogens (primary N) is 1. The Morgan fingerprint density at radius 1 is 1.56 bits per heavy atom. The third kappa shape index (κ3) is 1.98. The molecule has 2 rings (SSSR count). The summed E-state index contributed by atoms with van der Waals surface area (Å²) >= 11 is 0. The Kier molecular flexibility index (Phi) is 3.02. The van der Waals surface area contributed by atoms with E-state index in [-0.39, 0.29) is 11.5 Å². The standard InChI is InChI=1S/C12H21N3O/c1-4-9-5-6-12(13,7-9)11-14-10(8(2)3)16-15-11/h8-9H,4-7,13H2,1-3H3. The monoisotopic (exact) mass is 223 g/mol. The van der Waals surface area contributed by atoms with Gasteiger partial charge in [-0.15, -0.1) is 0 Å². The fourth-order valence-corrected chi connectivity index (χ4v) is 2.40. The number of aromatic nitrogens is 2. The lowest BCUT2D eigenvalue weighted by molar-refractivity contribution is 0.336. The molecule has 0 saturated heterocycles. The van der Waals surface area contributed by atoms with Gasteiger partial charge in [-0.25, -0.2) is 0 Å². The first kappa shape index (κ1) is 11.6. The lowest BCUT2D eigenvalue weighted by Crippen LogP contribution is -2.35. The first-order chi connectivity index (χ1) is 7.55. The van der Waals surface area contributed by atoms with Crippen molar-refractivity contribution in [3.05, 3.63) is 11.7 Å². The van der Waals surface area contributed by atoms with Crippen LogP contribution in [0.5, 0.6) is 0 Å². The Balaban J connectivity index is 2.17. The van der Waals surface area contributed by atoms with Crippen molar-refractivity contribution < 1.29 is 4.52 Å². The Hall–Kier alpha value is -0.900. The van der Waals surface area contributed by atoms with Gasteiger partial charge in [-0.05, 0) is 25.2 Å². The van der Waals surface area contributed by atoms with E-state index in [0.717, 1.165) is 12.8 Å². The molecule has 1 heterocycles. The molecule has 1 fully saturated rings. The zero-order valence-electron chi connectivity index (χ0n) is 10.4. The van der Waals surface area contributed by atoms with Crippen LogP contribution in [0.3, 0.4) is 0 Å². The van der Waals surface area contributed by atoms with Crippen molar-refractivity contribution in [3.8, 4) is 0 Å². The van der Waals surface area contributed by atoms with Crippen LogP contribution in [0.25, 0.3) is 0 Å². The van der Waals surface area contributed by atoms with Crippen molar-refractivity contribution in [1.82, 2.24) is 10.1 Å². The number of rotatable bonds is 3. The SMILES string of the molecule is CCC1CCC(N)(c2noc(C(C)C)n2)C1. The van der Waals surface area contributed by atoms with Crippen LogP contribution in [-0.4, -0.2) is 10.1 Å². The van der Waals surface area contributed by atoms with Crippen LogP contribution in [0.2, 0.25) is 0 Å². The van der Waals surface area contributed by atoms with Gasteiger partial charge in [0.2, 0.25) is 5.89 Å². The van der Waals surface area contributed by atoms with Crippen LogP contribution in [0.4, 0.5) is 0 Å². The van der Waals surface area contributed by atoms with Crippen LogP contribution in [-0.2, 0) is 5.54 Å². The molecule has 0 radical (unpaired) electrons. The summed E-state index contributed by atoms with van der Waals surface area (Å²) in [5, 5.41) is 4.05. The highest BCUT2D eigenvalue weighted by Crippen LogP contribution is 2.40. The molecule has 1 aromatic heterocycles. The molecule has 1 saturated carbocycles. The fraction of sp³-hybridized carbons (Fsp3) is 0.833. The molecule has 2 N–H and O–H groups in total. The summed E-state index contributed by atoms with van der Waals surface area (Å²) in [5.74, 6) is 2.38. The van der Waals surface area contributed by atoms with E-state index in [1.165, 1.54) is 12.8 Å². The van der Waals surface area contributed by atoms with Crippen molar-refractivity contribution in [1.29, 1.82) is 0 Å². The van der Waals surface area contributed by atoms with E-state index >= 15 is 0 Å². The summed E-state index contributed by atoms with van der Waals surface area (Å²) in [4.78, 5) is 4.43. The Bertz CT molecular complexity index is 361. The second kappa shape index (κ2) is 4.17. The van der Waals surface area contributed by atoms with Gasteiger partial charge in [0.15, 0.2) is 5.82 Å². The fourth-order valence-electron chi connectivity index (χ4n) is 2.40. The molecular weight excluding hydrogens is 202 g/mol. The zero-order valence-corrected chi connectivity index (χ0v) is 10.4. The predicted octanol–water partition coefficient (Wildman–Crippen LogP) is 2.56. The molecule has 0 aromatic carbocycles. The van der Waals surface area contributed by atoms with E-state index in [9.17, 15) is 0 Å². The van der Waals surface area contributed by atoms with E-state index in [1.54, 1.807) is 0 Å². The second-order valence-electron chi connectivity index (χ2n) is 5.28. The van der Waals surface area contributed by atoms with Crippen LogP contribution in [0.1, 0.15) is 64.1 Å². The van der Waals surface area contributed by atoms with Gasteiger partial charge in [-0.2, -0.15) is 4.98 Å². The summed E-state index contributed by atoms with van der Waals surface area (Å²) in [6, 6.07) is 0. The molecule has 2 atom stereocenters. The highest BCUT2D eigenvalue weighted by molar-refractivity contribution is 5.08. The van der Waals surface area contributed by atoms with Gasteiger partial charge in [-0.1, -0.05) is 32.3 Å². The van der Waals surface area contributed by atoms with Gasteiger partial charge in [-0.3, -0.25) is 0 Å². The van der Waals surface area contributed by atoms with Crippen LogP contribution >= 0.6 is 0 Å². The molecule has 0 spiro atoms. The number of hydrogen-bond donors (Lipinski definition) is 1. The Morgan fingerprint density at radius 2 is 2.31 bits per heavy atom. The maximum absolute atomic E-state index is 6.37. The van der Waals surface area contributed by atoms with Gasteiger partial charge in [0.25, 0.3) is 0 Å². The zero-order chi connectivity index (χ0) is 11.8. The summed E-state index contributed by atoms with van der Waals surface area (Å²) in [5.41, 5.74) is 6.02. The minimum atomic E-state index is -0.350. The summed E-state index contributed by atoms with van der Waals surface area (Å²) in [6.07, 6.45) is 4.33. The Labute approximate surface area is 96.6 Å². The lowest BCUT2D eigenvalue weighted by Gasteiger charge is -2.19. The number of hydrogen-bond acceptors (Lipinski definition) is 4. The topological polar surface area (TPSA) is 64.9 Å². The van der Waals surface area contributed by atoms with Crippen molar-refractivity contribution in [2.45, 2.75) is 57.9 Å². The average molecular weight is 223 g/mol. The van der Waals surface area contributed by atoms with Gasteiger partial charge in [0, 0.05) is 5.92 Å². The minimum Gasteiger partial charge on any atom is -0.339 e. The molecule has 16 heavy (non-hydrogen) atoms. The van der Waals surface area contributed by atoms with Gasteiger partial charge >= 0.3 is 0 Å². The smallest absolute Gasteiger partial charge is 0.229 e. The molecule has 0 aliphatic heterocycles. The van der Waals surface area contributed by atoms with E-state index in [0.29, 0.717) is 17.6 Å². The average Bonchev–Trinajstić information content (AvgIpc) is 2.84. The van der Waals surface area contributed by atoms with Gasteiger partial charge in [0.05, 0.1) is 5.54 Å². The predicted molar refractivity (Wildman–Crippen MR) is 61.9 cm³/mol. The molecule has 2 unspecified atom stereocenters. The molecule has 90 valence electrons. The van der Waals surface area contributed by atoms with Crippen LogP contribution in [0, 0.1) is 5.92 Å². The molecule has 0 bridgehead atoms. The van der Waals surface area contributed by atoms with Crippen LogP contribution < -0.4 is 5.73 Å². The Morgan fingerprint density at radius 3 is 2.81 bits per heavy atom. The van der Waals surface area contributed by atoms with E-state index in [1.807, 2.05) is 13.8 Å². The van der Waals surface area contributed by atoms with Crippen molar-refractivity contribution in [2.24, 2.45) is 11.7 Å². The summed E-state index contributed by atoms with van der Waals surface area (Å²) < 4.78 is 5.23. The second-order valence-corrected chi connectivity index (χ2v) is 5.28. The van der Waals surface area contributed by atoms with Crippen molar-refractivity contribution in [2.75, 3.05) is 0 Å². The minimum absolute atomic E-state index is 0.272. The highest BCUT2D eigenvalue weighted by Gasteiger charge is 2.40. The highest BCUT2D eigenvalue weighted by atomic mass is 16.5. The summed E-state index contributed by atoms with van der Waals surface area (Å²) in [7, 11) is 0. The number of nitrogens with zero attached hydrogens (tertiary/aromatic N) is 2. The maximum atomic E-state index is 6.37. The van der Waals surface area contributed by atoms with Crippen molar-refractivity contribution >= 4 is 0 Å². The third-order valence-corrected chi connectivity index (χ3v) is 3.61. The largest absolute Gasteiger partial charge is 0.339 e. The van der Waals surface area contributed by atoms with E-state index < -0.39 is 0 Å². The van der Waals surface area contributed by atoms with Gasteiger partial charge in [0.1, 0.15) is 0 Å². The van der Waals surface area contributed by atoms with E-state index in [4.69, 9.17) is 10.3 Å². The van der Waals surface area contributed by atoms with E-state index in [2.05, 4.69) is 17.1 Å². The summed E-state index contributed by atoms with van der Waals surface area (Å²) in [6.45, 7) is 6.31. The quantitative estimate of drug-likeness (QED) is 0.855. The molecule has 1 aliphatic carbocycles. The first-order valence-corrected chi connectivity index (χ1v) is 6.18. The molecule has 1 aliphatic rings. The molecule has 4 nitrogen and oxygen atoms in total. The molecular formula is C12H21N3O.